The molecule has 0 N–H and O–H groups in total. The van der Waals surface area contributed by atoms with Gasteiger partial charge < -0.3 is 0 Å². The maximum Gasteiger partial charge on any atom is 0.0901 e. The van der Waals surface area contributed by atoms with Gasteiger partial charge in [0, 0.05) is 5.88 Å². The van der Waals surface area contributed by atoms with E-state index in [1.165, 1.54) is 0 Å². The first-order valence-corrected chi connectivity index (χ1v) is 3.21. The van der Waals surface area contributed by atoms with Crippen LogP contribution in [0.5, 0.6) is 0 Å². The Morgan fingerprint density at radius 1 is 1.33 bits per heavy atom. The molecule has 0 atom stereocenters. The molecule has 0 saturated heterocycles. The van der Waals surface area contributed by atoms with Gasteiger partial charge in [0.15, 0.2) is 0 Å². The van der Waals surface area contributed by atoms with E-state index in [1.54, 1.807) is 18.2 Å². The van der Waals surface area contributed by atoms with E-state index in [-0.39, 0.29) is 5.69 Å². The van der Waals surface area contributed by atoms with E-state index in [4.69, 9.17) is 17.3 Å². The van der Waals surface area contributed by atoms with E-state index in [1.807, 2.05) is 6.07 Å². The highest BCUT2D eigenvalue weighted by Crippen LogP contribution is 2.13. The van der Waals surface area contributed by atoms with Crippen molar-refractivity contribution in [2.24, 2.45) is 0 Å². The van der Waals surface area contributed by atoms with Gasteiger partial charge in [-0.25, -0.2) is 0 Å². The number of benzene rings is 1. The summed E-state index contributed by atoms with van der Waals surface area (Å²) in [5.74, 6) is 0.368. The SMILES string of the molecule is [N]c1ccccc1CCl. The minimum absolute atomic E-state index is 0.271. The van der Waals surface area contributed by atoms with Crippen LogP contribution >= 0.6 is 11.6 Å². The molecule has 0 fully saturated rings. The van der Waals surface area contributed by atoms with Crippen molar-refractivity contribution in [2.45, 2.75) is 5.88 Å². The number of alkyl halides is 1. The lowest BCUT2D eigenvalue weighted by Gasteiger charge is -1.94. The van der Waals surface area contributed by atoms with Gasteiger partial charge in [0.1, 0.15) is 0 Å². The lowest BCUT2D eigenvalue weighted by molar-refractivity contribution is 1.33. The van der Waals surface area contributed by atoms with Gasteiger partial charge in [0.2, 0.25) is 0 Å². The molecule has 0 unspecified atom stereocenters. The molecule has 1 aromatic carbocycles. The van der Waals surface area contributed by atoms with Gasteiger partial charge in [0.05, 0.1) is 5.69 Å². The van der Waals surface area contributed by atoms with E-state index in [9.17, 15) is 0 Å². The Hall–Kier alpha value is -0.690. The Labute approximate surface area is 59.4 Å². The third-order valence-corrected chi connectivity index (χ3v) is 1.42. The van der Waals surface area contributed by atoms with E-state index < -0.39 is 0 Å². The first kappa shape index (κ1) is 6.43. The van der Waals surface area contributed by atoms with Crippen LogP contribution in [0.1, 0.15) is 5.56 Å². The van der Waals surface area contributed by atoms with Crippen molar-refractivity contribution < 1.29 is 0 Å². The molecular formula is C7H6ClN. The molecule has 9 heavy (non-hydrogen) atoms. The van der Waals surface area contributed by atoms with Gasteiger partial charge in [-0.2, -0.15) is 5.73 Å². The zero-order valence-electron chi connectivity index (χ0n) is 4.84. The highest BCUT2D eigenvalue weighted by molar-refractivity contribution is 6.17. The lowest BCUT2D eigenvalue weighted by Crippen LogP contribution is -1.78. The van der Waals surface area contributed by atoms with Gasteiger partial charge in [-0.1, -0.05) is 18.2 Å². The second-order valence-electron chi connectivity index (χ2n) is 1.76. The van der Waals surface area contributed by atoms with Crippen molar-refractivity contribution in [1.82, 2.24) is 5.73 Å². The molecule has 0 amide bonds. The lowest BCUT2D eigenvalue weighted by atomic mass is 10.2. The highest BCUT2D eigenvalue weighted by Gasteiger charge is 1.94. The predicted octanol–water partition coefficient (Wildman–Crippen LogP) is 2.13. The predicted molar refractivity (Wildman–Crippen MR) is 37.8 cm³/mol. The molecule has 0 aliphatic carbocycles. The quantitative estimate of drug-likeness (QED) is 0.532. The summed E-state index contributed by atoms with van der Waals surface area (Å²) in [6.07, 6.45) is 0. The van der Waals surface area contributed by atoms with Gasteiger partial charge in [-0.3, -0.25) is 0 Å². The largest absolute Gasteiger partial charge is 0.150 e. The maximum absolute atomic E-state index is 9.03. The van der Waals surface area contributed by atoms with Crippen LogP contribution in [-0.4, -0.2) is 0 Å². The Kier molecular flexibility index (Phi) is 1.96. The number of halogens is 1. The zero-order valence-corrected chi connectivity index (χ0v) is 5.60. The monoisotopic (exact) mass is 139 g/mol. The molecule has 0 saturated carbocycles. The third-order valence-electron chi connectivity index (χ3n) is 1.14. The van der Waals surface area contributed by atoms with Crippen LogP contribution in [0.25, 0.3) is 0 Å². The Morgan fingerprint density at radius 2 is 2.00 bits per heavy atom. The standard InChI is InChI=1S/C7H6ClN/c8-5-6-3-1-2-4-7(6)9/h1-4H,5H2. The molecule has 0 heterocycles. The molecule has 0 bridgehead atoms. The Bertz CT molecular complexity index is 198. The fraction of sp³-hybridized carbons (Fsp3) is 0.143. The number of nitrogens with zero attached hydrogens (tertiary/aromatic N) is 1. The Morgan fingerprint density at radius 3 is 2.44 bits per heavy atom. The summed E-state index contributed by atoms with van der Waals surface area (Å²) < 4.78 is 0. The minimum atomic E-state index is 0.271. The van der Waals surface area contributed by atoms with Gasteiger partial charge in [-0.05, 0) is 11.6 Å². The maximum atomic E-state index is 9.03. The molecule has 1 nitrogen and oxygen atoms in total. The van der Waals surface area contributed by atoms with Crippen LogP contribution in [0.4, 0.5) is 5.69 Å². The number of hydrogen-bond donors (Lipinski definition) is 0. The smallest absolute Gasteiger partial charge is 0.0901 e. The topological polar surface area (TPSA) is 22.3 Å². The summed E-state index contributed by atoms with van der Waals surface area (Å²) in [7, 11) is 0. The van der Waals surface area contributed by atoms with Crippen LogP contribution in [0.15, 0.2) is 24.3 Å². The van der Waals surface area contributed by atoms with Gasteiger partial charge >= 0.3 is 0 Å². The molecule has 0 aliphatic heterocycles. The average molecular weight is 140 g/mol. The second kappa shape index (κ2) is 2.74. The molecule has 0 aliphatic rings. The molecule has 1 aromatic rings. The van der Waals surface area contributed by atoms with E-state index in [0.29, 0.717) is 5.88 Å². The molecule has 2 radical (unpaired) electrons. The minimum Gasteiger partial charge on any atom is -0.150 e. The molecule has 1 rings (SSSR count). The average Bonchev–Trinajstić information content (AvgIpc) is 1.89. The van der Waals surface area contributed by atoms with Crippen molar-refractivity contribution in [3.8, 4) is 0 Å². The summed E-state index contributed by atoms with van der Waals surface area (Å²) in [5, 5.41) is 0. The van der Waals surface area contributed by atoms with Crippen LogP contribution in [0, 0.1) is 0 Å². The summed E-state index contributed by atoms with van der Waals surface area (Å²) >= 11 is 5.47. The molecule has 0 spiro atoms. The molecule has 46 valence electrons. The fourth-order valence-electron chi connectivity index (χ4n) is 0.624. The van der Waals surface area contributed by atoms with Crippen LogP contribution in [0.3, 0.4) is 0 Å². The van der Waals surface area contributed by atoms with E-state index in [0.717, 1.165) is 5.56 Å². The molecule has 0 aromatic heterocycles. The Balaban J connectivity index is 3.01. The summed E-state index contributed by atoms with van der Waals surface area (Å²) in [6, 6.07) is 7.03. The van der Waals surface area contributed by atoms with Crippen LogP contribution in [0.2, 0.25) is 0 Å². The van der Waals surface area contributed by atoms with Crippen molar-refractivity contribution in [2.75, 3.05) is 0 Å². The summed E-state index contributed by atoms with van der Waals surface area (Å²) in [4.78, 5) is 0. The van der Waals surface area contributed by atoms with Gasteiger partial charge in [0.25, 0.3) is 0 Å². The zero-order chi connectivity index (χ0) is 6.69. The highest BCUT2D eigenvalue weighted by atomic mass is 35.5. The molecule has 2 heteroatoms. The van der Waals surface area contributed by atoms with Crippen LogP contribution < -0.4 is 5.73 Å². The summed E-state index contributed by atoms with van der Waals surface area (Å²) in [6.45, 7) is 0. The summed E-state index contributed by atoms with van der Waals surface area (Å²) in [5.41, 5.74) is 10.1. The fourth-order valence-corrected chi connectivity index (χ4v) is 0.850. The van der Waals surface area contributed by atoms with E-state index in [2.05, 4.69) is 0 Å². The second-order valence-corrected chi connectivity index (χ2v) is 2.03. The molecular weight excluding hydrogens is 134 g/mol. The number of rotatable bonds is 1. The van der Waals surface area contributed by atoms with Crippen molar-refractivity contribution in [1.29, 1.82) is 0 Å². The normalized spacial score (nSPS) is 9.44. The number of hydrogen-bond acceptors (Lipinski definition) is 0. The first-order valence-electron chi connectivity index (χ1n) is 2.67. The van der Waals surface area contributed by atoms with Crippen molar-refractivity contribution in [3.63, 3.8) is 0 Å². The van der Waals surface area contributed by atoms with Crippen molar-refractivity contribution >= 4 is 17.3 Å². The van der Waals surface area contributed by atoms with Gasteiger partial charge in [-0.15, -0.1) is 11.6 Å². The van der Waals surface area contributed by atoms with Crippen molar-refractivity contribution in [3.05, 3.63) is 29.8 Å². The van der Waals surface area contributed by atoms with Crippen LogP contribution in [-0.2, 0) is 5.88 Å². The third kappa shape index (κ3) is 1.36. The van der Waals surface area contributed by atoms with E-state index >= 15 is 0 Å². The first-order chi connectivity index (χ1) is 4.34.